The Kier molecular flexibility index (Phi) is 7.21. The summed E-state index contributed by atoms with van der Waals surface area (Å²) in [6, 6.07) is 67.9. The normalized spacial score (nSPS) is 14.6. The Hall–Kier alpha value is -6.65. The number of nitrogens with zero attached hydrogens (tertiary/aromatic N) is 1. The van der Waals surface area contributed by atoms with Gasteiger partial charge in [-0.3, -0.25) is 10.3 Å². The fraction of sp³-hybridized carbons (Fsp3) is 0.0577. The van der Waals surface area contributed by atoms with Gasteiger partial charge in [-0.1, -0.05) is 182 Å². The van der Waals surface area contributed by atoms with Gasteiger partial charge in [-0.05, 0) is 94.0 Å². The van der Waals surface area contributed by atoms with Gasteiger partial charge >= 0.3 is 0 Å². The molecule has 0 saturated carbocycles. The third kappa shape index (κ3) is 4.67. The van der Waals surface area contributed by atoms with E-state index in [2.05, 4.69) is 181 Å². The number of hydrogen-bond donors (Lipinski definition) is 2. The van der Waals surface area contributed by atoms with Crippen molar-refractivity contribution in [2.45, 2.75) is 17.7 Å². The largest absolute Gasteiger partial charge is 0.312 e. The molecule has 9 aromatic rings. The minimum Gasteiger partial charge on any atom is -0.312 e. The van der Waals surface area contributed by atoms with E-state index in [1.54, 1.807) is 0 Å². The molecule has 2 unspecified atom stereocenters. The Bertz CT molecular complexity index is 2950. The third-order valence-electron chi connectivity index (χ3n) is 12.0. The van der Waals surface area contributed by atoms with Crippen LogP contribution in [0.15, 0.2) is 193 Å². The van der Waals surface area contributed by atoms with Gasteiger partial charge in [-0.15, -0.1) is 0 Å². The van der Waals surface area contributed by atoms with Gasteiger partial charge in [0.25, 0.3) is 0 Å². The SMILES string of the molecule is NC(NC(N=Cc1c2ccccc2cc2ccc3ccccc3c12)c1cccc2c1-c1ccccc1C21c2ccccc2-c2ccccc21)c1ccccc1. The highest BCUT2D eigenvalue weighted by molar-refractivity contribution is 6.21. The van der Waals surface area contributed by atoms with E-state index < -0.39 is 17.7 Å². The number of nitrogens with one attached hydrogen (secondary N) is 1. The Morgan fingerprint density at radius 1 is 0.491 bits per heavy atom. The van der Waals surface area contributed by atoms with E-state index in [0.29, 0.717) is 0 Å². The summed E-state index contributed by atoms with van der Waals surface area (Å²) in [6.45, 7) is 0. The smallest absolute Gasteiger partial charge is 0.127 e. The summed E-state index contributed by atoms with van der Waals surface area (Å²) in [6.07, 6.45) is 1.18. The first kappa shape index (κ1) is 31.8. The van der Waals surface area contributed by atoms with Gasteiger partial charge in [-0.25, -0.2) is 0 Å². The number of nitrogens with two attached hydrogens (primary N) is 1. The molecule has 0 aromatic heterocycles. The molecular weight excluding hydrogens is 667 g/mol. The minimum atomic E-state index is -0.468. The summed E-state index contributed by atoms with van der Waals surface area (Å²) in [5.74, 6) is 0. The molecule has 0 amide bonds. The second kappa shape index (κ2) is 12.5. The number of hydrogen-bond acceptors (Lipinski definition) is 3. The molecule has 0 saturated heterocycles. The van der Waals surface area contributed by atoms with Crippen LogP contribution in [0.4, 0.5) is 0 Å². The second-order valence-electron chi connectivity index (χ2n) is 14.8. The van der Waals surface area contributed by atoms with Crippen LogP contribution in [0.1, 0.15) is 51.3 Å². The van der Waals surface area contributed by atoms with Crippen LogP contribution in [0.3, 0.4) is 0 Å². The van der Waals surface area contributed by atoms with Crippen molar-refractivity contribution in [2.75, 3.05) is 0 Å². The van der Waals surface area contributed by atoms with Gasteiger partial charge in [0.05, 0.1) is 11.6 Å². The molecule has 260 valence electrons. The van der Waals surface area contributed by atoms with E-state index in [4.69, 9.17) is 10.7 Å². The predicted molar refractivity (Wildman–Crippen MR) is 229 cm³/mol. The first-order chi connectivity index (χ1) is 27.2. The number of aliphatic imine (C=N–C) groups is 1. The van der Waals surface area contributed by atoms with E-state index in [1.165, 1.54) is 76.8 Å². The highest BCUT2D eigenvalue weighted by Gasteiger charge is 2.52. The summed E-state index contributed by atoms with van der Waals surface area (Å²) in [7, 11) is 0. The summed E-state index contributed by atoms with van der Waals surface area (Å²) in [5.41, 5.74) is 20.1. The molecule has 0 aliphatic heterocycles. The molecule has 3 N–H and O–H groups in total. The molecule has 3 nitrogen and oxygen atoms in total. The lowest BCUT2D eigenvalue weighted by Gasteiger charge is -2.31. The van der Waals surface area contributed by atoms with Crippen LogP contribution in [0, 0.1) is 0 Å². The molecule has 0 heterocycles. The van der Waals surface area contributed by atoms with Crippen LogP contribution in [0.25, 0.3) is 54.6 Å². The Labute approximate surface area is 320 Å². The molecule has 9 aromatic carbocycles. The molecule has 3 heteroatoms. The third-order valence-corrected chi connectivity index (χ3v) is 12.0. The van der Waals surface area contributed by atoms with Crippen LogP contribution >= 0.6 is 0 Å². The van der Waals surface area contributed by atoms with E-state index in [9.17, 15) is 0 Å². The lowest BCUT2D eigenvalue weighted by atomic mass is 9.70. The summed E-state index contributed by atoms with van der Waals surface area (Å²) < 4.78 is 0. The summed E-state index contributed by atoms with van der Waals surface area (Å²) in [4.78, 5) is 5.57. The predicted octanol–water partition coefficient (Wildman–Crippen LogP) is 11.9. The fourth-order valence-corrected chi connectivity index (χ4v) is 9.70. The van der Waals surface area contributed by atoms with E-state index in [0.717, 1.165) is 16.7 Å². The lowest BCUT2D eigenvalue weighted by Crippen LogP contribution is -2.32. The molecule has 1 spiro atoms. The van der Waals surface area contributed by atoms with E-state index in [-0.39, 0.29) is 0 Å². The molecule has 11 rings (SSSR count). The molecule has 2 aliphatic carbocycles. The molecular formula is C52H37N3. The molecule has 2 atom stereocenters. The van der Waals surface area contributed by atoms with Crippen LogP contribution in [-0.4, -0.2) is 6.21 Å². The molecule has 55 heavy (non-hydrogen) atoms. The first-order valence-corrected chi connectivity index (χ1v) is 19.1. The summed E-state index contributed by atoms with van der Waals surface area (Å²) in [5, 5.41) is 11.0. The number of benzene rings is 9. The average molecular weight is 704 g/mol. The molecule has 0 radical (unpaired) electrons. The zero-order valence-electron chi connectivity index (χ0n) is 30.2. The first-order valence-electron chi connectivity index (χ1n) is 19.1. The second-order valence-corrected chi connectivity index (χ2v) is 14.8. The maximum Gasteiger partial charge on any atom is 0.127 e. The Morgan fingerprint density at radius 2 is 1.05 bits per heavy atom. The van der Waals surface area contributed by atoms with Crippen molar-refractivity contribution in [1.29, 1.82) is 0 Å². The van der Waals surface area contributed by atoms with Crippen LogP contribution in [-0.2, 0) is 5.41 Å². The van der Waals surface area contributed by atoms with E-state index >= 15 is 0 Å². The highest BCUT2D eigenvalue weighted by atomic mass is 15.1. The van der Waals surface area contributed by atoms with Crippen molar-refractivity contribution in [2.24, 2.45) is 10.7 Å². The number of fused-ring (bicyclic) bond motifs is 14. The van der Waals surface area contributed by atoms with Crippen molar-refractivity contribution < 1.29 is 0 Å². The lowest BCUT2D eigenvalue weighted by molar-refractivity contribution is 0.467. The fourth-order valence-electron chi connectivity index (χ4n) is 9.70. The zero-order chi connectivity index (χ0) is 36.5. The van der Waals surface area contributed by atoms with Gasteiger partial charge in [0.1, 0.15) is 6.17 Å². The van der Waals surface area contributed by atoms with Crippen LogP contribution in [0.2, 0.25) is 0 Å². The minimum absolute atomic E-state index is 0.449. The van der Waals surface area contributed by atoms with Crippen LogP contribution < -0.4 is 11.1 Å². The maximum atomic E-state index is 7.05. The molecule has 2 aliphatic rings. The molecule has 0 fully saturated rings. The Balaban J connectivity index is 1.17. The van der Waals surface area contributed by atoms with Crippen molar-refractivity contribution in [3.8, 4) is 22.3 Å². The van der Waals surface area contributed by atoms with Gasteiger partial charge in [0, 0.05) is 11.8 Å². The quantitative estimate of drug-likeness (QED) is 0.0784. The topological polar surface area (TPSA) is 50.4 Å². The van der Waals surface area contributed by atoms with Crippen molar-refractivity contribution in [1.82, 2.24) is 5.32 Å². The van der Waals surface area contributed by atoms with Gasteiger partial charge in [-0.2, -0.15) is 0 Å². The average Bonchev–Trinajstić information content (AvgIpc) is 3.72. The van der Waals surface area contributed by atoms with Gasteiger partial charge in [0.2, 0.25) is 0 Å². The van der Waals surface area contributed by atoms with Gasteiger partial charge in [0.15, 0.2) is 0 Å². The Morgan fingerprint density at radius 3 is 1.80 bits per heavy atom. The van der Waals surface area contributed by atoms with Gasteiger partial charge < -0.3 is 5.73 Å². The van der Waals surface area contributed by atoms with Crippen molar-refractivity contribution in [3.63, 3.8) is 0 Å². The van der Waals surface area contributed by atoms with Crippen molar-refractivity contribution in [3.05, 3.63) is 227 Å². The molecule has 0 bridgehead atoms. The van der Waals surface area contributed by atoms with E-state index in [1.807, 2.05) is 18.2 Å². The maximum absolute atomic E-state index is 7.05. The highest BCUT2D eigenvalue weighted by Crippen LogP contribution is 2.63. The van der Waals surface area contributed by atoms with Crippen LogP contribution in [0.5, 0.6) is 0 Å². The van der Waals surface area contributed by atoms with Crippen molar-refractivity contribution >= 4 is 38.5 Å². The number of rotatable bonds is 6. The monoisotopic (exact) mass is 703 g/mol. The standard InChI is InChI=1S/C52H37N3/c53-50(34-16-2-1-3-17-34)55-51(54-32-43-37-19-6-5-18-35(37)31-36-30-29-33-15-4-7-20-38(33)48(36)43)42-24-14-28-47-49(42)41-23-10-13-27-46(41)52(47)44-25-11-8-21-39(44)40-22-9-12-26-45(40)52/h1-32,50-51,55H,53H2. The zero-order valence-corrected chi connectivity index (χ0v) is 30.2. The summed E-state index contributed by atoms with van der Waals surface area (Å²) >= 11 is 0.